The molecule has 2 saturated heterocycles. The summed E-state index contributed by atoms with van der Waals surface area (Å²) in [6, 6.07) is 4.50. The number of nitrogens with one attached hydrogen (secondary N) is 2. The predicted octanol–water partition coefficient (Wildman–Crippen LogP) is 1.75. The molecule has 6 nitrogen and oxygen atoms in total. The minimum atomic E-state index is 0. The number of fused-ring (bicyclic) bond motifs is 2. The van der Waals surface area contributed by atoms with E-state index in [1.807, 2.05) is 31.3 Å². The standard InChI is InChI=1S/C16H25N5O.HI/c1-17-16(20-13-8-12-5-6-14(13)22-12)19-10-11-4-7-15(18-9-11)21(2)3;/h4,7,9,12-14H,5-6,8,10H2,1-3H3,(H2,17,19,20);1H. The van der Waals surface area contributed by atoms with Crippen molar-refractivity contribution in [1.82, 2.24) is 15.6 Å². The number of nitrogens with zero attached hydrogens (tertiary/aromatic N) is 3. The second kappa shape index (κ2) is 8.14. The van der Waals surface area contributed by atoms with Crippen LogP contribution in [0.3, 0.4) is 0 Å². The third-order valence-corrected chi connectivity index (χ3v) is 4.38. The monoisotopic (exact) mass is 431 g/mol. The van der Waals surface area contributed by atoms with Crippen molar-refractivity contribution in [2.45, 2.75) is 44.1 Å². The van der Waals surface area contributed by atoms with Crippen LogP contribution in [0, 0.1) is 0 Å². The van der Waals surface area contributed by atoms with Gasteiger partial charge in [-0.1, -0.05) is 6.07 Å². The van der Waals surface area contributed by atoms with E-state index < -0.39 is 0 Å². The Kier molecular flexibility index (Phi) is 6.46. The molecule has 0 aromatic carbocycles. The quantitative estimate of drug-likeness (QED) is 0.432. The highest BCUT2D eigenvalue weighted by atomic mass is 127. The maximum Gasteiger partial charge on any atom is 0.191 e. The van der Waals surface area contributed by atoms with Crippen LogP contribution in [0.25, 0.3) is 0 Å². The highest BCUT2D eigenvalue weighted by Crippen LogP contribution is 2.34. The van der Waals surface area contributed by atoms with Crippen molar-refractivity contribution in [3.63, 3.8) is 0 Å². The highest BCUT2D eigenvalue weighted by Gasteiger charge is 2.41. The number of anilines is 1. The highest BCUT2D eigenvalue weighted by molar-refractivity contribution is 14.0. The maximum absolute atomic E-state index is 5.87. The van der Waals surface area contributed by atoms with Crippen molar-refractivity contribution >= 4 is 35.8 Å². The number of ether oxygens (including phenoxy) is 1. The van der Waals surface area contributed by atoms with Crippen molar-refractivity contribution in [3.05, 3.63) is 23.9 Å². The van der Waals surface area contributed by atoms with Crippen LogP contribution in [0.2, 0.25) is 0 Å². The Morgan fingerprint density at radius 2 is 2.22 bits per heavy atom. The molecule has 3 atom stereocenters. The molecule has 2 aliphatic rings. The molecule has 2 fully saturated rings. The fourth-order valence-corrected chi connectivity index (χ4v) is 3.13. The minimum absolute atomic E-state index is 0. The van der Waals surface area contributed by atoms with Crippen molar-refractivity contribution in [3.8, 4) is 0 Å². The van der Waals surface area contributed by atoms with Crippen molar-refractivity contribution in [1.29, 1.82) is 0 Å². The zero-order valence-corrected chi connectivity index (χ0v) is 16.3. The Balaban J connectivity index is 0.00000192. The van der Waals surface area contributed by atoms with Gasteiger partial charge in [0, 0.05) is 33.9 Å². The first-order valence-corrected chi connectivity index (χ1v) is 7.90. The smallest absolute Gasteiger partial charge is 0.191 e. The first kappa shape index (κ1) is 18.3. The molecular formula is C16H26IN5O. The lowest BCUT2D eigenvalue weighted by atomic mass is 9.96. The number of aliphatic imine (C=N–C) groups is 1. The summed E-state index contributed by atoms with van der Waals surface area (Å²) in [5.41, 5.74) is 1.14. The molecule has 23 heavy (non-hydrogen) atoms. The van der Waals surface area contributed by atoms with Crippen molar-refractivity contribution in [2.24, 2.45) is 4.99 Å². The van der Waals surface area contributed by atoms with E-state index in [1.165, 1.54) is 6.42 Å². The summed E-state index contributed by atoms with van der Waals surface area (Å²) >= 11 is 0. The first-order valence-electron chi connectivity index (χ1n) is 7.90. The lowest BCUT2D eigenvalue weighted by Crippen LogP contribution is -2.47. The summed E-state index contributed by atoms with van der Waals surface area (Å²) in [5.74, 6) is 1.79. The van der Waals surface area contributed by atoms with E-state index >= 15 is 0 Å². The van der Waals surface area contributed by atoms with Gasteiger partial charge in [-0.05, 0) is 30.9 Å². The van der Waals surface area contributed by atoms with Gasteiger partial charge in [-0.15, -0.1) is 24.0 Å². The second-order valence-electron chi connectivity index (χ2n) is 6.21. The first-order chi connectivity index (χ1) is 10.7. The minimum Gasteiger partial charge on any atom is -0.373 e. The topological polar surface area (TPSA) is 61.8 Å². The molecule has 2 bridgehead atoms. The summed E-state index contributed by atoms with van der Waals surface area (Å²) in [6.45, 7) is 0.710. The van der Waals surface area contributed by atoms with E-state index in [1.54, 1.807) is 7.05 Å². The Labute approximate surface area is 155 Å². The number of aromatic nitrogens is 1. The number of hydrogen-bond acceptors (Lipinski definition) is 4. The van der Waals surface area contributed by atoms with Crippen LogP contribution in [0.4, 0.5) is 5.82 Å². The SMILES string of the molecule is CN=C(NCc1ccc(N(C)C)nc1)NC1CC2CCC1O2.I. The van der Waals surface area contributed by atoms with Crippen LogP contribution in [-0.4, -0.2) is 50.3 Å². The van der Waals surface area contributed by atoms with E-state index in [2.05, 4.69) is 26.7 Å². The molecular weight excluding hydrogens is 405 g/mol. The molecule has 0 radical (unpaired) electrons. The van der Waals surface area contributed by atoms with Crippen LogP contribution in [0.5, 0.6) is 0 Å². The lowest BCUT2D eigenvalue weighted by molar-refractivity contribution is 0.0992. The fourth-order valence-electron chi connectivity index (χ4n) is 3.13. The Hall–Kier alpha value is -1.09. The van der Waals surface area contributed by atoms with Crippen LogP contribution in [0.1, 0.15) is 24.8 Å². The van der Waals surface area contributed by atoms with Crippen LogP contribution in [0.15, 0.2) is 23.3 Å². The molecule has 7 heteroatoms. The molecule has 3 unspecified atom stereocenters. The van der Waals surface area contributed by atoms with E-state index in [4.69, 9.17) is 4.74 Å². The van der Waals surface area contributed by atoms with E-state index in [-0.39, 0.29) is 24.0 Å². The maximum atomic E-state index is 5.87. The summed E-state index contributed by atoms with van der Waals surface area (Å²) in [5, 5.41) is 6.83. The summed E-state index contributed by atoms with van der Waals surface area (Å²) in [7, 11) is 5.78. The van der Waals surface area contributed by atoms with Crippen molar-refractivity contribution < 1.29 is 4.74 Å². The van der Waals surface area contributed by atoms with Gasteiger partial charge in [0.2, 0.25) is 0 Å². The number of pyridine rings is 1. The summed E-state index contributed by atoms with van der Waals surface area (Å²) in [6.07, 6.45) is 6.15. The number of rotatable bonds is 4. The van der Waals surface area contributed by atoms with Gasteiger partial charge in [-0.2, -0.15) is 0 Å². The van der Waals surface area contributed by atoms with Crippen LogP contribution in [-0.2, 0) is 11.3 Å². The van der Waals surface area contributed by atoms with Gasteiger partial charge >= 0.3 is 0 Å². The van der Waals surface area contributed by atoms with Crippen LogP contribution >= 0.6 is 24.0 Å². The normalized spacial score (nSPS) is 25.9. The van der Waals surface area contributed by atoms with E-state index in [9.17, 15) is 0 Å². The van der Waals surface area contributed by atoms with Crippen molar-refractivity contribution in [2.75, 3.05) is 26.0 Å². The molecule has 128 valence electrons. The Morgan fingerprint density at radius 3 is 2.74 bits per heavy atom. The lowest BCUT2D eigenvalue weighted by Gasteiger charge is -2.22. The Morgan fingerprint density at radius 1 is 1.39 bits per heavy atom. The van der Waals surface area contributed by atoms with Gasteiger partial charge in [0.1, 0.15) is 5.82 Å². The molecule has 2 aliphatic heterocycles. The number of guanidine groups is 1. The third kappa shape index (κ3) is 4.47. The second-order valence-corrected chi connectivity index (χ2v) is 6.21. The molecule has 0 saturated carbocycles. The van der Waals surface area contributed by atoms with E-state index in [0.29, 0.717) is 24.8 Å². The van der Waals surface area contributed by atoms with Gasteiger partial charge in [0.15, 0.2) is 5.96 Å². The van der Waals surface area contributed by atoms with Gasteiger partial charge in [0.05, 0.1) is 18.2 Å². The molecule has 3 rings (SSSR count). The molecule has 0 amide bonds. The van der Waals surface area contributed by atoms with Gasteiger partial charge in [-0.25, -0.2) is 4.98 Å². The molecule has 0 aliphatic carbocycles. The fraction of sp³-hybridized carbons (Fsp3) is 0.625. The molecule has 2 N–H and O–H groups in total. The Bertz CT molecular complexity index is 534. The van der Waals surface area contributed by atoms with E-state index in [0.717, 1.165) is 30.2 Å². The summed E-state index contributed by atoms with van der Waals surface area (Å²) < 4.78 is 5.87. The molecule has 1 aromatic rings. The zero-order valence-electron chi connectivity index (χ0n) is 14.0. The van der Waals surface area contributed by atoms with Gasteiger partial charge < -0.3 is 20.3 Å². The number of halogens is 1. The molecule has 1 aromatic heterocycles. The third-order valence-electron chi connectivity index (χ3n) is 4.38. The largest absolute Gasteiger partial charge is 0.373 e. The van der Waals surface area contributed by atoms with Crippen LogP contribution < -0.4 is 15.5 Å². The molecule has 0 spiro atoms. The molecule has 3 heterocycles. The average molecular weight is 431 g/mol. The summed E-state index contributed by atoms with van der Waals surface area (Å²) in [4.78, 5) is 10.7. The number of hydrogen-bond donors (Lipinski definition) is 2. The average Bonchev–Trinajstić information content (AvgIpc) is 3.14. The van der Waals surface area contributed by atoms with Gasteiger partial charge in [-0.3, -0.25) is 4.99 Å². The van der Waals surface area contributed by atoms with Gasteiger partial charge in [0.25, 0.3) is 0 Å². The predicted molar refractivity (Wildman–Crippen MR) is 104 cm³/mol. The zero-order chi connectivity index (χ0) is 15.5.